The number of halogens is 1. The third kappa shape index (κ3) is 5.09. The highest BCUT2D eigenvalue weighted by Gasteiger charge is 2.21. The van der Waals surface area contributed by atoms with Crippen LogP contribution in [0.2, 0.25) is 0 Å². The molecular formula is C23H23BrN2O3S. The minimum absolute atomic E-state index is 0.312. The normalized spacial score (nSPS) is 10.6. The standard InChI is InChI=1S/C23H23BrN2O3S/c1-3-11-29-18-10-9-16(13-17(18)24)22(28)26-23-20(21(25)27)14(2)19(30-23)12-15-7-5-4-6-8-15/h4-10,13H,3,11-12H2,1-2H3,(H2,25,27)(H,26,28). The van der Waals surface area contributed by atoms with Crippen LogP contribution in [0, 0.1) is 6.92 Å². The topological polar surface area (TPSA) is 81.4 Å². The largest absolute Gasteiger partial charge is 0.492 e. The van der Waals surface area contributed by atoms with Gasteiger partial charge in [0.1, 0.15) is 10.8 Å². The fourth-order valence-electron chi connectivity index (χ4n) is 3.04. The maximum absolute atomic E-state index is 12.8. The zero-order valence-electron chi connectivity index (χ0n) is 16.8. The van der Waals surface area contributed by atoms with Gasteiger partial charge in [-0.05, 0) is 58.6 Å². The molecule has 30 heavy (non-hydrogen) atoms. The summed E-state index contributed by atoms with van der Waals surface area (Å²) < 4.78 is 6.33. The number of hydrogen-bond donors (Lipinski definition) is 2. The summed E-state index contributed by atoms with van der Waals surface area (Å²) >= 11 is 4.83. The number of benzene rings is 2. The summed E-state index contributed by atoms with van der Waals surface area (Å²) in [4.78, 5) is 25.9. The zero-order chi connectivity index (χ0) is 21.7. The Kier molecular flexibility index (Phi) is 7.29. The molecule has 2 aromatic carbocycles. The number of hydrogen-bond acceptors (Lipinski definition) is 4. The highest BCUT2D eigenvalue weighted by atomic mass is 79.9. The van der Waals surface area contributed by atoms with Gasteiger partial charge in [0.15, 0.2) is 0 Å². The fourth-order valence-corrected chi connectivity index (χ4v) is 4.77. The molecule has 7 heteroatoms. The molecule has 3 aromatic rings. The van der Waals surface area contributed by atoms with Gasteiger partial charge in [-0.15, -0.1) is 11.3 Å². The Morgan fingerprint density at radius 3 is 2.53 bits per heavy atom. The van der Waals surface area contributed by atoms with E-state index in [9.17, 15) is 9.59 Å². The van der Waals surface area contributed by atoms with Crippen LogP contribution in [0.3, 0.4) is 0 Å². The second kappa shape index (κ2) is 9.91. The first kappa shape index (κ1) is 22.1. The second-order valence-electron chi connectivity index (χ2n) is 6.83. The molecule has 0 unspecified atom stereocenters. The molecule has 1 aromatic heterocycles. The number of thiophene rings is 1. The molecule has 3 N–H and O–H groups in total. The molecule has 1 heterocycles. The lowest BCUT2D eigenvalue weighted by atomic mass is 10.1. The van der Waals surface area contributed by atoms with Crippen molar-refractivity contribution in [1.29, 1.82) is 0 Å². The van der Waals surface area contributed by atoms with Crippen LogP contribution in [0.5, 0.6) is 5.75 Å². The van der Waals surface area contributed by atoms with E-state index in [4.69, 9.17) is 10.5 Å². The third-order valence-electron chi connectivity index (χ3n) is 4.58. The Balaban J connectivity index is 1.85. The summed E-state index contributed by atoms with van der Waals surface area (Å²) in [6, 6.07) is 15.1. The van der Waals surface area contributed by atoms with E-state index in [-0.39, 0.29) is 5.91 Å². The van der Waals surface area contributed by atoms with Crippen LogP contribution in [0.15, 0.2) is 53.0 Å². The van der Waals surface area contributed by atoms with Gasteiger partial charge in [-0.1, -0.05) is 37.3 Å². The molecule has 0 atom stereocenters. The molecule has 0 radical (unpaired) electrons. The number of anilines is 1. The van der Waals surface area contributed by atoms with Crippen LogP contribution < -0.4 is 15.8 Å². The molecule has 0 spiro atoms. The summed E-state index contributed by atoms with van der Waals surface area (Å²) in [6.45, 7) is 4.49. The lowest BCUT2D eigenvalue weighted by Crippen LogP contribution is -2.17. The van der Waals surface area contributed by atoms with Crippen LogP contribution in [-0.2, 0) is 6.42 Å². The Bertz CT molecular complexity index is 1060. The number of primary amides is 1. The van der Waals surface area contributed by atoms with E-state index >= 15 is 0 Å². The van der Waals surface area contributed by atoms with Crippen LogP contribution in [0.25, 0.3) is 0 Å². The highest BCUT2D eigenvalue weighted by Crippen LogP contribution is 2.35. The number of nitrogens with two attached hydrogens (primary N) is 1. The first-order valence-electron chi connectivity index (χ1n) is 9.60. The summed E-state index contributed by atoms with van der Waals surface area (Å²) in [5.74, 6) is -0.182. The van der Waals surface area contributed by atoms with Crippen molar-refractivity contribution in [2.24, 2.45) is 5.73 Å². The molecule has 0 aliphatic rings. The number of nitrogens with one attached hydrogen (secondary N) is 1. The average Bonchev–Trinajstić information content (AvgIpc) is 3.02. The molecule has 0 fully saturated rings. The Morgan fingerprint density at radius 2 is 1.90 bits per heavy atom. The van der Waals surface area contributed by atoms with E-state index in [1.807, 2.05) is 44.2 Å². The molecule has 0 aliphatic heterocycles. The number of amides is 2. The minimum Gasteiger partial charge on any atom is -0.492 e. The van der Waals surface area contributed by atoms with E-state index < -0.39 is 5.91 Å². The molecule has 3 rings (SSSR count). The van der Waals surface area contributed by atoms with Crippen molar-refractivity contribution in [3.05, 3.63) is 80.1 Å². The second-order valence-corrected chi connectivity index (χ2v) is 8.79. The molecule has 2 amide bonds. The number of carbonyl (C=O) groups excluding carboxylic acids is 2. The molecule has 0 saturated carbocycles. The number of ether oxygens (including phenoxy) is 1. The van der Waals surface area contributed by atoms with Crippen molar-refractivity contribution >= 4 is 44.1 Å². The summed E-state index contributed by atoms with van der Waals surface area (Å²) in [6.07, 6.45) is 1.57. The first-order valence-corrected chi connectivity index (χ1v) is 11.2. The predicted molar refractivity (Wildman–Crippen MR) is 125 cm³/mol. The van der Waals surface area contributed by atoms with Crippen LogP contribution in [-0.4, -0.2) is 18.4 Å². The number of carbonyl (C=O) groups is 2. The van der Waals surface area contributed by atoms with E-state index in [0.29, 0.717) is 39.4 Å². The third-order valence-corrected chi connectivity index (χ3v) is 6.41. The van der Waals surface area contributed by atoms with Crippen molar-refractivity contribution < 1.29 is 14.3 Å². The van der Waals surface area contributed by atoms with E-state index in [2.05, 4.69) is 21.2 Å². The maximum atomic E-state index is 12.8. The van der Waals surface area contributed by atoms with Gasteiger partial charge in [0.2, 0.25) is 0 Å². The van der Waals surface area contributed by atoms with Crippen LogP contribution in [0.4, 0.5) is 5.00 Å². The quantitative estimate of drug-likeness (QED) is 0.437. The van der Waals surface area contributed by atoms with Crippen molar-refractivity contribution in [3.63, 3.8) is 0 Å². The molecular weight excluding hydrogens is 464 g/mol. The molecule has 0 aliphatic carbocycles. The van der Waals surface area contributed by atoms with Gasteiger partial charge in [0.25, 0.3) is 11.8 Å². The lowest BCUT2D eigenvalue weighted by molar-refractivity contribution is 0.100. The minimum atomic E-state index is -0.553. The SMILES string of the molecule is CCCOc1ccc(C(=O)Nc2sc(Cc3ccccc3)c(C)c2C(N)=O)cc1Br. The van der Waals surface area contributed by atoms with Crippen molar-refractivity contribution in [3.8, 4) is 5.75 Å². The Hall–Kier alpha value is -2.64. The van der Waals surface area contributed by atoms with Gasteiger partial charge in [-0.25, -0.2) is 0 Å². The van der Waals surface area contributed by atoms with E-state index in [1.54, 1.807) is 18.2 Å². The molecule has 5 nitrogen and oxygen atoms in total. The van der Waals surface area contributed by atoms with Crippen LogP contribution in [0.1, 0.15) is 50.1 Å². The van der Waals surface area contributed by atoms with Gasteiger partial charge in [0.05, 0.1) is 16.6 Å². The summed E-state index contributed by atoms with van der Waals surface area (Å²) in [5, 5.41) is 3.33. The summed E-state index contributed by atoms with van der Waals surface area (Å²) in [5.41, 5.74) is 8.37. The summed E-state index contributed by atoms with van der Waals surface area (Å²) in [7, 11) is 0. The lowest BCUT2D eigenvalue weighted by Gasteiger charge is -2.09. The van der Waals surface area contributed by atoms with Gasteiger partial charge in [-0.3, -0.25) is 9.59 Å². The van der Waals surface area contributed by atoms with Gasteiger partial charge >= 0.3 is 0 Å². The molecule has 0 bridgehead atoms. The molecule has 156 valence electrons. The first-order chi connectivity index (χ1) is 14.4. The smallest absolute Gasteiger partial charge is 0.256 e. The Labute approximate surface area is 188 Å². The zero-order valence-corrected chi connectivity index (χ0v) is 19.2. The predicted octanol–water partition coefficient (Wildman–Crippen LogP) is 5.55. The maximum Gasteiger partial charge on any atom is 0.256 e. The van der Waals surface area contributed by atoms with Gasteiger partial charge in [0, 0.05) is 16.9 Å². The molecule has 0 saturated heterocycles. The average molecular weight is 487 g/mol. The number of rotatable bonds is 8. The van der Waals surface area contributed by atoms with E-state index in [0.717, 1.165) is 22.4 Å². The Morgan fingerprint density at radius 1 is 1.17 bits per heavy atom. The van der Waals surface area contributed by atoms with Gasteiger partial charge in [-0.2, -0.15) is 0 Å². The van der Waals surface area contributed by atoms with Crippen molar-refractivity contribution in [1.82, 2.24) is 0 Å². The van der Waals surface area contributed by atoms with Crippen molar-refractivity contribution in [2.75, 3.05) is 11.9 Å². The van der Waals surface area contributed by atoms with Crippen LogP contribution >= 0.6 is 27.3 Å². The van der Waals surface area contributed by atoms with Gasteiger partial charge < -0.3 is 15.8 Å². The highest BCUT2D eigenvalue weighted by molar-refractivity contribution is 9.10. The fraction of sp³-hybridized carbons (Fsp3) is 0.217. The van der Waals surface area contributed by atoms with Crippen molar-refractivity contribution in [2.45, 2.75) is 26.7 Å². The van der Waals surface area contributed by atoms with E-state index in [1.165, 1.54) is 11.3 Å². The monoisotopic (exact) mass is 486 g/mol.